The summed E-state index contributed by atoms with van der Waals surface area (Å²) < 4.78 is 38.1. The maximum absolute atomic E-state index is 12.7. The van der Waals surface area contributed by atoms with Crippen LogP contribution in [0.2, 0.25) is 0 Å². The number of pyridine rings is 1. The molecule has 1 saturated carbocycles. The van der Waals surface area contributed by atoms with Crippen LogP contribution in [0.5, 0.6) is 0 Å². The summed E-state index contributed by atoms with van der Waals surface area (Å²) in [6, 6.07) is 4.30. The molecule has 1 aliphatic rings. The molecule has 0 amide bonds. The highest BCUT2D eigenvalue weighted by Gasteiger charge is 2.64. The van der Waals surface area contributed by atoms with Gasteiger partial charge in [0.1, 0.15) is 11.8 Å². The average Bonchev–Trinajstić information content (AvgIpc) is 2.97. The Hall–Kier alpha value is -1.57. The summed E-state index contributed by atoms with van der Waals surface area (Å²) in [6.07, 6.45) is -2.78. The summed E-state index contributed by atoms with van der Waals surface area (Å²) in [5, 5.41) is 8.56. The van der Waals surface area contributed by atoms with Crippen LogP contribution in [-0.4, -0.2) is 11.2 Å². The molecular weight excluding hydrogens is 205 g/mol. The molecule has 1 aliphatic carbocycles. The van der Waals surface area contributed by atoms with E-state index >= 15 is 0 Å². The normalized spacial score (nSPS) is 18.3. The van der Waals surface area contributed by atoms with Crippen LogP contribution in [0.15, 0.2) is 18.3 Å². The lowest BCUT2D eigenvalue weighted by Crippen LogP contribution is -2.28. The molecule has 0 aliphatic heterocycles. The Bertz CT molecular complexity index is 427. The van der Waals surface area contributed by atoms with Gasteiger partial charge in [-0.2, -0.15) is 18.4 Å². The van der Waals surface area contributed by atoms with Crippen LogP contribution >= 0.6 is 0 Å². The number of nitriles is 1. The predicted octanol–water partition coefficient (Wildman–Crippen LogP) is 2.55. The van der Waals surface area contributed by atoms with Crippen molar-refractivity contribution in [1.29, 1.82) is 5.26 Å². The lowest BCUT2D eigenvalue weighted by Gasteiger charge is -2.19. The van der Waals surface area contributed by atoms with Crippen LogP contribution in [0, 0.1) is 11.3 Å². The Morgan fingerprint density at radius 2 is 2.07 bits per heavy atom. The van der Waals surface area contributed by atoms with Gasteiger partial charge in [-0.1, -0.05) is 0 Å². The molecule has 5 heteroatoms. The lowest BCUT2D eigenvalue weighted by molar-refractivity contribution is -0.160. The second-order valence-electron chi connectivity index (χ2n) is 3.62. The Morgan fingerprint density at radius 1 is 1.40 bits per heavy atom. The molecule has 0 atom stereocenters. The Morgan fingerprint density at radius 3 is 2.53 bits per heavy atom. The average molecular weight is 212 g/mol. The van der Waals surface area contributed by atoms with E-state index in [1.54, 1.807) is 6.07 Å². The number of hydrogen-bond donors (Lipinski definition) is 0. The van der Waals surface area contributed by atoms with Gasteiger partial charge in [0.15, 0.2) is 0 Å². The molecule has 2 rings (SSSR count). The first-order valence-electron chi connectivity index (χ1n) is 4.43. The SMILES string of the molecule is N#Cc1cc(C2(C(F)(F)F)CC2)ccn1. The zero-order valence-corrected chi connectivity index (χ0v) is 7.67. The maximum Gasteiger partial charge on any atom is 0.398 e. The van der Waals surface area contributed by atoms with Crippen LogP contribution in [0.1, 0.15) is 24.1 Å². The highest BCUT2D eigenvalue weighted by molar-refractivity contribution is 5.36. The minimum atomic E-state index is -4.24. The topological polar surface area (TPSA) is 36.7 Å². The van der Waals surface area contributed by atoms with E-state index in [1.807, 2.05) is 0 Å². The molecule has 0 aromatic carbocycles. The van der Waals surface area contributed by atoms with Crippen molar-refractivity contribution < 1.29 is 13.2 Å². The van der Waals surface area contributed by atoms with Crippen molar-refractivity contribution in [2.24, 2.45) is 0 Å². The van der Waals surface area contributed by atoms with Crippen molar-refractivity contribution in [3.8, 4) is 6.07 Å². The van der Waals surface area contributed by atoms with Crippen molar-refractivity contribution in [2.75, 3.05) is 0 Å². The summed E-state index contributed by atoms with van der Waals surface area (Å²) in [4.78, 5) is 3.65. The predicted molar refractivity (Wildman–Crippen MR) is 45.9 cm³/mol. The first kappa shape index (κ1) is 9.97. The van der Waals surface area contributed by atoms with E-state index in [4.69, 9.17) is 5.26 Å². The summed E-state index contributed by atoms with van der Waals surface area (Å²) in [7, 11) is 0. The molecule has 78 valence electrons. The van der Waals surface area contributed by atoms with Gasteiger partial charge in [-0.15, -0.1) is 0 Å². The number of rotatable bonds is 1. The molecule has 0 spiro atoms. The quantitative estimate of drug-likeness (QED) is 0.717. The summed E-state index contributed by atoms with van der Waals surface area (Å²) >= 11 is 0. The van der Waals surface area contributed by atoms with E-state index in [0.717, 1.165) is 0 Å². The smallest absolute Gasteiger partial charge is 0.246 e. The third kappa shape index (κ3) is 1.46. The van der Waals surface area contributed by atoms with Gasteiger partial charge in [-0.25, -0.2) is 4.98 Å². The molecule has 0 saturated heterocycles. The fourth-order valence-corrected chi connectivity index (χ4v) is 1.65. The molecule has 15 heavy (non-hydrogen) atoms. The number of alkyl halides is 3. The molecular formula is C10H7F3N2. The van der Waals surface area contributed by atoms with Gasteiger partial charge >= 0.3 is 6.18 Å². The molecule has 1 aromatic rings. The summed E-state index contributed by atoms with van der Waals surface area (Å²) in [5.74, 6) is 0. The second-order valence-corrected chi connectivity index (χ2v) is 3.62. The monoisotopic (exact) mass is 212 g/mol. The fourth-order valence-electron chi connectivity index (χ4n) is 1.65. The van der Waals surface area contributed by atoms with Crippen molar-refractivity contribution in [3.05, 3.63) is 29.6 Å². The Kier molecular flexibility index (Phi) is 1.97. The van der Waals surface area contributed by atoms with Gasteiger partial charge < -0.3 is 0 Å². The fraction of sp³-hybridized carbons (Fsp3) is 0.400. The first-order valence-corrected chi connectivity index (χ1v) is 4.43. The van der Waals surface area contributed by atoms with E-state index < -0.39 is 11.6 Å². The molecule has 0 bridgehead atoms. The van der Waals surface area contributed by atoms with Crippen LogP contribution in [0.4, 0.5) is 13.2 Å². The van der Waals surface area contributed by atoms with Crippen LogP contribution in [0.25, 0.3) is 0 Å². The minimum Gasteiger partial charge on any atom is -0.246 e. The zero-order chi connectivity index (χ0) is 11.1. The minimum absolute atomic E-state index is 0.0306. The number of nitrogens with zero attached hydrogens (tertiary/aromatic N) is 2. The molecule has 0 unspecified atom stereocenters. The zero-order valence-electron chi connectivity index (χ0n) is 7.67. The van der Waals surface area contributed by atoms with Crippen LogP contribution in [0.3, 0.4) is 0 Å². The maximum atomic E-state index is 12.7. The van der Waals surface area contributed by atoms with Gasteiger partial charge in [0.2, 0.25) is 0 Å². The van der Waals surface area contributed by atoms with Gasteiger partial charge in [0.05, 0.1) is 5.41 Å². The molecule has 1 aromatic heterocycles. The van der Waals surface area contributed by atoms with Crippen LogP contribution in [-0.2, 0) is 5.41 Å². The number of halogens is 3. The van der Waals surface area contributed by atoms with Crippen LogP contribution < -0.4 is 0 Å². The molecule has 2 nitrogen and oxygen atoms in total. The first-order chi connectivity index (χ1) is 6.99. The third-order valence-electron chi connectivity index (χ3n) is 2.72. The Balaban J connectivity index is 2.43. The third-order valence-corrected chi connectivity index (χ3v) is 2.72. The van der Waals surface area contributed by atoms with Gasteiger partial charge in [-0.05, 0) is 30.5 Å². The van der Waals surface area contributed by atoms with E-state index in [-0.39, 0.29) is 24.1 Å². The largest absolute Gasteiger partial charge is 0.398 e. The van der Waals surface area contributed by atoms with Gasteiger partial charge in [0.25, 0.3) is 0 Å². The van der Waals surface area contributed by atoms with Crippen molar-refractivity contribution in [1.82, 2.24) is 4.98 Å². The lowest BCUT2D eigenvalue weighted by atomic mass is 9.96. The van der Waals surface area contributed by atoms with Gasteiger partial charge in [-0.3, -0.25) is 0 Å². The van der Waals surface area contributed by atoms with E-state index in [1.165, 1.54) is 18.3 Å². The van der Waals surface area contributed by atoms with Crippen molar-refractivity contribution in [3.63, 3.8) is 0 Å². The highest BCUT2D eigenvalue weighted by Crippen LogP contribution is 2.58. The second kappa shape index (κ2) is 2.96. The van der Waals surface area contributed by atoms with E-state index in [9.17, 15) is 13.2 Å². The van der Waals surface area contributed by atoms with Crippen molar-refractivity contribution >= 4 is 0 Å². The highest BCUT2D eigenvalue weighted by atomic mass is 19.4. The van der Waals surface area contributed by atoms with Crippen molar-refractivity contribution in [2.45, 2.75) is 24.4 Å². The number of aromatic nitrogens is 1. The summed E-state index contributed by atoms with van der Waals surface area (Å²) in [6.45, 7) is 0. The standard InChI is InChI=1S/C10H7F3N2/c11-10(12,13)9(2-3-9)7-1-4-15-8(5-7)6-14/h1,4-5H,2-3H2. The number of hydrogen-bond acceptors (Lipinski definition) is 2. The molecule has 0 radical (unpaired) electrons. The Labute approximate surface area is 84.4 Å². The molecule has 1 fully saturated rings. The van der Waals surface area contributed by atoms with E-state index in [2.05, 4.69) is 4.98 Å². The van der Waals surface area contributed by atoms with E-state index in [0.29, 0.717) is 0 Å². The summed E-state index contributed by atoms with van der Waals surface area (Å²) in [5.41, 5.74) is -1.54. The van der Waals surface area contributed by atoms with Gasteiger partial charge in [0, 0.05) is 6.20 Å². The molecule has 1 heterocycles. The molecule has 0 N–H and O–H groups in total.